The highest BCUT2D eigenvalue weighted by Gasteiger charge is 2.21. The van der Waals surface area contributed by atoms with Gasteiger partial charge in [-0.15, -0.1) is 0 Å². The van der Waals surface area contributed by atoms with E-state index in [-0.39, 0.29) is 6.10 Å². The molecule has 0 unspecified atom stereocenters. The molecular formula is C21H29N3O3. The second kappa shape index (κ2) is 9.58. The number of ether oxygens (including phenoxy) is 3. The maximum atomic E-state index is 5.89. The van der Waals surface area contributed by atoms with E-state index in [2.05, 4.69) is 21.3 Å². The monoisotopic (exact) mass is 371 g/mol. The van der Waals surface area contributed by atoms with E-state index in [4.69, 9.17) is 14.2 Å². The molecule has 6 nitrogen and oxygen atoms in total. The van der Waals surface area contributed by atoms with Gasteiger partial charge in [-0.3, -0.25) is 4.90 Å². The summed E-state index contributed by atoms with van der Waals surface area (Å²) in [6, 6.07) is 10.0. The van der Waals surface area contributed by atoms with Gasteiger partial charge in [0.05, 0.1) is 20.3 Å². The van der Waals surface area contributed by atoms with Crippen molar-refractivity contribution in [1.29, 1.82) is 0 Å². The molecule has 3 rings (SSSR count). The Morgan fingerprint density at radius 2 is 2.04 bits per heavy atom. The fraction of sp³-hybridized carbons (Fsp3) is 0.476. The Balaban J connectivity index is 1.83. The summed E-state index contributed by atoms with van der Waals surface area (Å²) in [5.41, 5.74) is 2.27. The molecule has 1 N–H and O–H groups in total. The first kappa shape index (κ1) is 19.5. The van der Waals surface area contributed by atoms with Gasteiger partial charge in [0.2, 0.25) is 0 Å². The number of aromatic nitrogens is 1. The predicted octanol–water partition coefficient (Wildman–Crippen LogP) is 3.32. The maximum absolute atomic E-state index is 5.89. The molecule has 0 aliphatic carbocycles. The lowest BCUT2D eigenvalue weighted by Gasteiger charge is -2.27. The van der Waals surface area contributed by atoms with Crippen LogP contribution in [0.3, 0.4) is 0 Å². The summed E-state index contributed by atoms with van der Waals surface area (Å²) in [5.74, 6) is 2.61. The number of nitrogens with one attached hydrogen (secondary N) is 1. The number of hydrogen-bond donors (Lipinski definition) is 1. The maximum Gasteiger partial charge on any atom is 0.130 e. The summed E-state index contributed by atoms with van der Waals surface area (Å²) in [4.78, 5) is 6.83. The smallest absolute Gasteiger partial charge is 0.130 e. The lowest BCUT2D eigenvalue weighted by atomic mass is 10.1. The van der Waals surface area contributed by atoms with E-state index in [9.17, 15) is 0 Å². The molecule has 1 aromatic carbocycles. The third kappa shape index (κ3) is 5.11. The van der Waals surface area contributed by atoms with E-state index in [1.54, 1.807) is 14.2 Å². The minimum Gasteiger partial charge on any atom is -0.497 e. The van der Waals surface area contributed by atoms with Crippen molar-refractivity contribution in [2.75, 3.05) is 39.7 Å². The lowest BCUT2D eigenvalue weighted by molar-refractivity contribution is 0.0676. The third-order valence-corrected chi connectivity index (χ3v) is 4.89. The Hall–Kier alpha value is -2.31. The molecule has 1 saturated heterocycles. The van der Waals surface area contributed by atoms with Gasteiger partial charge in [-0.1, -0.05) is 6.07 Å². The van der Waals surface area contributed by atoms with Crippen molar-refractivity contribution in [2.24, 2.45) is 0 Å². The van der Waals surface area contributed by atoms with Crippen molar-refractivity contribution < 1.29 is 14.2 Å². The molecule has 0 amide bonds. The van der Waals surface area contributed by atoms with Crippen molar-refractivity contribution in [3.8, 4) is 11.5 Å². The normalized spacial score (nSPS) is 16.5. The van der Waals surface area contributed by atoms with Crippen LogP contribution >= 0.6 is 0 Å². The van der Waals surface area contributed by atoms with Crippen LogP contribution in [-0.4, -0.2) is 50.4 Å². The summed E-state index contributed by atoms with van der Waals surface area (Å²) in [6.45, 7) is 3.26. The van der Waals surface area contributed by atoms with Gasteiger partial charge in [-0.2, -0.15) is 0 Å². The minimum absolute atomic E-state index is 0.274. The van der Waals surface area contributed by atoms with Crippen LogP contribution in [0, 0.1) is 0 Å². The summed E-state index contributed by atoms with van der Waals surface area (Å²) in [6.07, 6.45) is 4.33. The molecule has 1 fully saturated rings. The molecule has 0 spiro atoms. The first-order valence-corrected chi connectivity index (χ1v) is 9.40. The van der Waals surface area contributed by atoms with Gasteiger partial charge in [0.1, 0.15) is 17.3 Å². The molecule has 1 aliphatic heterocycles. The zero-order valence-corrected chi connectivity index (χ0v) is 16.4. The summed E-state index contributed by atoms with van der Waals surface area (Å²) < 4.78 is 16.9. The van der Waals surface area contributed by atoms with Crippen molar-refractivity contribution in [1.82, 2.24) is 9.88 Å². The fourth-order valence-corrected chi connectivity index (χ4v) is 3.54. The van der Waals surface area contributed by atoms with E-state index < -0.39 is 0 Å². The highest BCUT2D eigenvalue weighted by molar-refractivity contribution is 5.43. The number of hydrogen-bond acceptors (Lipinski definition) is 6. The van der Waals surface area contributed by atoms with Gasteiger partial charge in [0, 0.05) is 50.6 Å². The average Bonchev–Trinajstić information content (AvgIpc) is 3.21. The summed E-state index contributed by atoms with van der Waals surface area (Å²) in [5, 5.41) is 3.19. The molecule has 27 heavy (non-hydrogen) atoms. The molecule has 0 radical (unpaired) electrons. The molecule has 2 aromatic rings. The first-order chi connectivity index (χ1) is 13.2. The fourth-order valence-electron chi connectivity index (χ4n) is 3.54. The minimum atomic E-state index is 0.274. The Labute approximate surface area is 161 Å². The van der Waals surface area contributed by atoms with Crippen LogP contribution in [0.15, 0.2) is 36.5 Å². The van der Waals surface area contributed by atoms with Crippen molar-refractivity contribution in [3.05, 3.63) is 47.7 Å². The van der Waals surface area contributed by atoms with Gasteiger partial charge in [0.25, 0.3) is 0 Å². The molecule has 2 heterocycles. The Kier molecular flexibility index (Phi) is 6.90. The standard InChI is InChI=1S/C21H29N3O3/c1-22-21-16(6-4-10-23-21)13-24(15-19-7-5-11-27-19)14-17-12-18(25-2)8-9-20(17)26-3/h4,6,8-10,12,19H,5,7,11,13-15H2,1-3H3,(H,22,23)/t19-/m0/s1. The summed E-state index contributed by atoms with van der Waals surface area (Å²) >= 11 is 0. The van der Waals surface area contributed by atoms with Crippen LogP contribution in [0.1, 0.15) is 24.0 Å². The predicted molar refractivity (Wildman–Crippen MR) is 106 cm³/mol. The zero-order valence-electron chi connectivity index (χ0n) is 16.4. The van der Waals surface area contributed by atoms with Crippen LogP contribution in [0.25, 0.3) is 0 Å². The van der Waals surface area contributed by atoms with Gasteiger partial charge < -0.3 is 19.5 Å². The molecule has 6 heteroatoms. The summed E-state index contributed by atoms with van der Waals surface area (Å²) in [7, 11) is 5.29. The molecule has 1 aromatic heterocycles. The largest absolute Gasteiger partial charge is 0.497 e. The Morgan fingerprint density at radius 3 is 2.74 bits per heavy atom. The molecule has 1 aliphatic rings. The highest BCUT2D eigenvalue weighted by Crippen LogP contribution is 2.27. The number of pyridine rings is 1. The van der Waals surface area contributed by atoms with Crippen LogP contribution in [0.2, 0.25) is 0 Å². The molecule has 146 valence electrons. The van der Waals surface area contributed by atoms with Crippen LogP contribution < -0.4 is 14.8 Å². The Morgan fingerprint density at radius 1 is 1.19 bits per heavy atom. The number of benzene rings is 1. The zero-order chi connectivity index (χ0) is 19.1. The quantitative estimate of drug-likeness (QED) is 0.730. The van der Waals surface area contributed by atoms with E-state index >= 15 is 0 Å². The van der Waals surface area contributed by atoms with Crippen molar-refractivity contribution >= 4 is 5.82 Å². The third-order valence-electron chi connectivity index (χ3n) is 4.89. The van der Waals surface area contributed by atoms with Crippen LogP contribution in [0.4, 0.5) is 5.82 Å². The lowest BCUT2D eigenvalue weighted by Crippen LogP contribution is -2.32. The number of nitrogens with zero attached hydrogens (tertiary/aromatic N) is 2. The van der Waals surface area contributed by atoms with E-state index in [0.29, 0.717) is 0 Å². The highest BCUT2D eigenvalue weighted by atomic mass is 16.5. The van der Waals surface area contributed by atoms with Crippen molar-refractivity contribution in [3.63, 3.8) is 0 Å². The SMILES string of the molecule is CNc1ncccc1CN(Cc1cc(OC)ccc1OC)C[C@@H]1CCCO1. The molecule has 0 saturated carbocycles. The first-order valence-electron chi connectivity index (χ1n) is 9.40. The van der Waals surface area contributed by atoms with Crippen molar-refractivity contribution in [2.45, 2.75) is 32.0 Å². The Bertz CT molecular complexity index is 732. The van der Waals surface area contributed by atoms with Gasteiger partial charge in [-0.25, -0.2) is 4.98 Å². The van der Waals surface area contributed by atoms with Crippen LogP contribution in [0.5, 0.6) is 11.5 Å². The van der Waals surface area contributed by atoms with Gasteiger partial charge >= 0.3 is 0 Å². The van der Waals surface area contributed by atoms with E-state index in [1.165, 1.54) is 5.56 Å². The van der Waals surface area contributed by atoms with Gasteiger partial charge in [-0.05, 0) is 37.1 Å². The average molecular weight is 371 g/mol. The van der Waals surface area contributed by atoms with Crippen LogP contribution in [-0.2, 0) is 17.8 Å². The molecule has 0 bridgehead atoms. The number of anilines is 1. The van der Waals surface area contributed by atoms with Gasteiger partial charge in [0.15, 0.2) is 0 Å². The molecular weight excluding hydrogens is 342 g/mol. The molecule has 1 atom stereocenters. The second-order valence-corrected chi connectivity index (χ2v) is 6.74. The number of rotatable bonds is 9. The topological polar surface area (TPSA) is 55.9 Å². The van der Waals surface area contributed by atoms with E-state index in [0.717, 1.165) is 62.0 Å². The number of methoxy groups -OCH3 is 2. The van der Waals surface area contributed by atoms with E-state index in [1.807, 2.05) is 37.5 Å². The second-order valence-electron chi connectivity index (χ2n) is 6.74.